The van der Waals surface area contributed by atoms with Crippen LogP contribution in [0.15, 0.2) is 34.9 Å². The van der Waals surface area contributed by atoms with Crippen molar-refractivity contribution in [2.75, 3.05) is 6.61 Å². The highest BCUT2D eigenvalue weighted by molar-refractivity contribution is 9.10. The van der Waals surface area contributed by atoms with Crippen LogP contribution in [0.1, 0.15) is 11.8 Å². The first-order valence-corrected chi connectivity index (χ1v) is 6.65. The van der Waals surface area contributed by atoms with Gasteiger partial charge in [-0.3, -0.25) is 0 Å². The third-order valence-electron chi connectivity index (χ3n) is 2.77. The van der Waals surface area contributed by atoms with Crippen LogP contribution < -0.4 is 0 Å². The minimum atomic E-state index is -1.53. The van der Waals surface area contributed by atoms with Gasteiger partial charge < -0.3 is 20.4 Å². The van der Waals surface area contributed by atoms with Crippen LogP contribution in [-0.2, 0) is 0 Å². The van der Waals surface area contributed by atoms with Gasteiger partial charge >= 0.3 is 0 Å². The Kier molecular flexibility index (Phi) is 4.84. The van der Waals surface area contributed by atoms with Crippen molar-refractivity contribution in [3.8, 4) is 5.69 Å². The normalized spacial score (nSPS) is 15.8. The van der Waals surface area contributed by atoms with Crippen molar-refractivity contribution < 1.29 is 20.4 Å². The minimum Gasteiger partial charge on any atom is -0.394 e. The average Bonchev–Trinajstić information content (AvgIpc) is 2.95. The fourth-order valence-corrected chi connectivity index (χ4v) is 1.87. The van der Waals surface area contributed by atoms with Crippen LogP contribution in [0.5, 0.6) is 0 Å². The van der Waals surface area contributed by atoms with Crippen LogP contribution in [0.2, 0.25) is 0 Å². The Labute approximate surface area is 123 Å². The molecule has 0 saturated carbocycles. The topological polar surface area (TPSA) is 112 Å². The molecule has 1 aromatic heterocycles. The summed E-state index contributed by atoms with van der Waals surface area (Å²) in [4.78, 5) is 1.29. The van der Waals surface area contributed by atoms with Crippen LogP contribution in [-0.4, -0.2) is 54.2 Å². The molecule has 0 aliphatic heterocycles. The van der Waals surface area contributed by atoms with E-state index in [-0.39, 0.29) is 5.69 Å². The number of hydrogen-bond donors (Lipinski definition) is 4. The van der Waals surface area contributed by atoms with Crippen LogP contribution in [0.4, 0.5) is 0 Å². The lowest BCUT2D eigenvalue weighted by molar-refractivity contribution is -0.0790. The van der Waals surface area contributed by atoms with Crippen LogP contribution in [0.25, 0.3) is 5.69 Å². The Balaban J connectivity index is 2.18. The summed E-state index contributed by atoms with van der Waals surface area (Å²) in [5, 5.41) is 45.5. The summed E-state index contributed by atoms with van der Waals surface area (Å²) in [5.41, 5.74) is 0.789. The van der Waals surface area contributed by atoms with Crippen molar-refractivity contribution in [3.63, 3.8) is 0 Å². The van der Waals surface area contributed by atoms with E-state index in [0.29, 0.717) is 5.69 Å². The molecule has 0 unspecified atom stereocenters. The molecule has 20 heavy (non-hydrogen) atoms. The van der Waals surface area contributed by atoms with Crippen molar-refractivity contribution in [2.24, 2.45) is 0 Å². The number of rotatable bonds is 5. The smallest absolute Gasteiger partial charge is 0.128 e. The van der Waals surface area contributed by atoms with E-state index in [1.54, 1.807) is 12.1 Å². The summed E-state index contributed by atoms with van der Waals surface area (Å²) in [6, 6.07) is 7.19. The van der Waals surface area contributed by atoms with Crippen molar-refractivity contribution in [2.45, 2.75) is 18.3 Å². The highest BCUT2D eigenvalue weighted by Crippen LogP contribution is 2.18. The zero-order valence-corrected chi connectivity index (χ0v) is 11.9. The quantitative estimate of drug-likeness (QED) is 0.597. The Morgan fingerprint density at radius 2 is 1.80 bits per heavy atom. The molecule has 4 N–H and O–H groups in total. The van der Waals surface area contributed by atoms with Gasteiger partial charge in [-0.25, -0.2) is 0 Å². The van der Waals surface area contributed by atoms with E-state index in [1.807, 2.05) is 12.1 Å². The zero-order valence-electron chi connectivity index (χ0n) is 10.3. The first-order valence-electron chi connectivity index (χ1n) is 5.86. The van der Waals surface area contributed by atoms with Crippen molar-refractivity contribution in [1.29, 1.82) is 0 Å². The van der Waals surface area contributed by atoms with Gasteiger partial charge in [-0.15, -0.1) is 0 Å². The lowest BCUT2D eigenvalue weighted by Crippen LogP contribution is -2.34. The molecule has 0 aliphatic carbocycles. The molecule has 2 aromatic rings. The zero-order chi connectivity index (χ0) is 14.7. The SMILES string of the molecule is OC[C@@H](O)[C@@H](O)[C@@H](O)c1cnn(-c2ccc(Br)cc2)n1. The maximum Gasteiger partial charge on any atom is 0.128 e. The molecule has 0 fully saturated rings. The van der Waals surface area contributed by atoms with Gasteiger partial charge in [0.05, 0.1) is 18.5 Å². The molecule has 8 heteroatoms. The molecule has 1 heterocycles. The summed E-state index contributed by atoms with van der Waals surface area (Å²) >= 11 is 3.31. The van der Waals surface area contributed by atoms with E-state index < -0.39 is 24.9 Å². The van der Waals surface area contributed by atoms with Gasteiger partial charge in [-0.05, 0) is 24.3 Å². The molecule has 0 bridgehead atoms. The van der Waals surface area contributed by atoms with E-state index in [2.05, 4.69) is 26.1 Å². The predicted octanol–water partition coefficient (Wildman–Crippen LogP) is -0.223. The van der Waals surface area contributed by atoms with Gasteiger partial charge in [0.2, 0.25) is 0 Å². The molecular formula is C12H14BrN3O4. The Bertz CT molecular complexity index is 560. The maximum atomic E-state index is 9.85. The number of halogens is 1. The van der Waals surface area contributed by atoms with E-state index >= 15 is 0 Å². The highest BCUT2D eigenvalue weighted by atomic mass is 79.9. The van der Waals surface area contributed by atoms with E-state index in [9.17, 15) is 15.3 Å². The molecule has 0 amide bonds. The van der Waals surface area contributed by atoms with E-state index in [4.69, 9.17) is 5.11 Å². The molecule has 108 valence electrons. The Morgan fingerprint density at radius 1 is 1.15 bits per heavy atom. The van der Waals surface area contributed by atoms with Crippen molar-refractivity contribution >= 4 is 15.9 Å². The fourth-order valence-electron chi connectivity index (χ4n) is 1.60. The summed E-state index contributed by atoms with van der Waals surface area (Å²) < 4.78 is 0.912. The molecule has 2 rings (SSSR count). The van der Waals surface area contributed by atoms with Crippen molar-refractivity contribution in [1.82, 2.24) is 15.0 Å². The summed E-state index contributed by atoms with van der Waals surface area (Å²) in [7, 11) is 0. The van der Waals surface area contributed by atoms with E-state index in [1.165, 1.54) is 11.0 Å². The molecule has 1 aromatic carbocycles. The van der Waals surface area contributed by atoms with Crippen LogP contribution in [0.3, 0.4) is 0 Å². The highest BCUT2D eigenvalue weighted by Gasteiger charge is 2.27. The van der Waals surface area contributed by atoms with Crippen LogP contribution in [0, 0.1) is 0 Å². The molecule has 0 radical (unpaired) electrons. The number of aliphatic hydroxyl groups excluding tert-OH is 4. The monoisotopic (exact) mass is 343 g/mol. The fraction of sp³-hybridized carbons (Fsp3) is 0.333. The van der Waals surface area contributed by atoms with Gasteiger partial charge in [0.15, 0.2) is 0 Å². The summed E-state index contributed by atoms with van der Waals surface area (Å²) in [6.07, 6.45) is -3.11. The van der Waals surface area contributed by atoms with Gasteiger partial charge in [-0.1, -0.05) is 15.9 Å². The standard InChI is InChI=1S/C12H14BrN3O4/c13-7-1-3-8(4-2-7)16-14-5-9(15-16)11(19)12(20)10(18)6-17/h1-5,10-12,17-20H,6H2/t10-,11+,12-/m1/s1. The first-order chi connectivity index (χ1) is 9.52. The van der Waals surface area contributed by atoms with Gasteiger partial charge in [-0.2, -0.15) is 15.0 Å². The van der Waals surface area contributed by atoms with E-state index in [0.717, 1.165) is 4.47 Å². The second-order valence-electron chi connectivity index (χ2n) is 4.22. The predicted molar refractivity (Wildman–Crippen MR) is 73.1 cm³/mol. The molecule has 0 aliphatic rings. The minimum absolute atomic E-state index is 0.105. The van der Waals surface area contributed by atoms with Crippen LogP contribution >= 0.6 is 15.9 Å². The maximum absolute atomic E-state index is 9.85. The number of aliphatic hydroxyl groups is 4. The van der Waals surface area contributed by atoms with Gasteiger partial charge in [0.1, 0.15) is 24.0 Å². The number of benzene rings is 1. The van der Waals surface area contributed by atoms with Gasteiger partial charge in [0, 0.05) is 4.47 Å². The Morgan fingerprint density at radius 3 is 2.40 bits per heavy atom. The lowest BCUT2D eigenvalue weighted by atomic mass is 10.1. The molecule has 7 nitrogen and oxygen atoms in total. The molecule has 0 spiro atoms. The molecule has 0 saturated heterocycles. The van der Waals surface area contributed by atoms with Crippen molar-refractivity contribution in [3.05, 3.63) is 40.6 Å². The summed E-state index contributed by atoms with van der Waals surface area (Å²) in [5.74, 6) is 0. The third-order valence-corrected chi connectivity index (χ3v) is 3.30. The van der Waals surface area contributed by atoms with Gasteiger partial charge in [0.25, 0.3) is 0 Å². The molecular weight excluding hydrogens is 330 g/mol. The Hall–Kier alpha value is -1.32. The first kappa shape index (κ1) is 15.1. The lowest BCUT2D eigenvalue weighted by Gasteiger charge is -2.19. The number of hydrogen-bond acceptors (Lipinski definition) is 6. The number of aromatic nitrogens is 3. The third kappa shape index (κ3) is 3.22. The molecule has 3 atom stereocenters. The largest absolute Gasteiger partial charge is 0.394 e. The summed E-state index contributed by atoms with van der Waals surface area (Å²) in [6.45, 7) is -0.654. The second kappa shape index (κ2) is 6.42. The number of nitrogens with zero attached hydrogens (tertiary/aromatic N) is 3. The average molecular weight is 344 g/mol. The second-order valence-corrected chi connectivity index (χ2v) is 5.14.